The van der Waals surface area contributed by atoms with E-state index in [4.69, 9.17) is 0 Å². The standard InChI is InChI=1S/C24H24FN3O2/c1-16(2)13-14-26-23(29)19-10-6-9-18(15-19)20-11-12-21(27-22(20)25)28-24(30)17-7-4-3-5-8-17/h3-12,15-16H,13-14H2,1-2H3,(H,26,29)(H,27,28,30). The molecule has 0 atom stereocenters. The van der Waals surface area contributed by atoms with E-state index in [1.165, 1.54) is 6.07 Å². The van der Waals surface area contributed by atoms with E-state index in [0.29, 0.717) is 29.2 Å². The Morgan fingerprint density at radius 3 is 2.37 bits per heavy atom. The van der Waals surface area contributed by atoms with E-state index < -0.39 is 5.95 Å². The molecule has 2 amide bonds. The highest BCUT2D eigenvalue weighted by molar-refractivity contribution is 6.03. The van der Waals surface area contributed by atoms with Crippen molar-refractivity contribution in [1.29, 1.82) is 0 Å². The average molecular weight is 405 g/mol. The molecule has 0 aliphatic rings. The van der Waals surface area contributed by atoms with Crippen LogP contribution in [0.5, 0.6) is 0 Å². The Kier molecular flexibility index (Phi) is 6.91. The first-order chi connectivity index (χ1) is 14.4. The summed E-state index contributed by atoms with van der Waals surface area (Å²) in [5.41, 5.74) is 1.71. The number of rotatable bonds is 7. The third kappa shape index (κ3) is 5.50. The molecule has 1 heterocycles. The summed E-state index contributed by atoms with van der Waals surface area (Å²) in [5, 5.41) is 5.46. The van der Waals surface area contributed by atoms with Gasteiger partial charge in [0.25, 0.3) is 11.8 Å². The van der Waals surface area contributed by atoms with Crippen molar-refractivity contribution < 1.29 is 14.0 Å². The highest BCUT2D eigenvalue weighted by Gasteiger charge is 2.13. The number of benzene rings is 2. The molecule has 2 N–H and O–H groups in total. The molecule has 0 unspecified atom stereocenters. The van der Waals surface area contributed by atoms with E-state index in [2.05, 4.69) is 29.5 Å². The van der Waals surface area contributed by atoms with Crippen molar-refractivity contribution in [3.8, 4) is 11.1 Å². The van der Waals surface area contributed by atoms with Gasteiger partial charge in [-0.05, 0) is 54.3 Å². The summed E-state index contributed by atoms with van der Waals surface area (Å²) in [6.07, 6.45) is 0.889. The number of pyridine rings is 1. The second kappa shape index (κ2) is 9.78. The largest absolute Gasteiger partial charge is 0.352 e. The van der Waals surface area contributed by atoms with Gasteiger partial charge in [0.1, 0.15) is 5.82 Å². The van der Waals surface area contributed by atoms with E-state index in [-0.39, 0.29) is 23.2 Å². The maximum absolute atomic E-state index is 14.7. The lowest BCUT2D eigenvalue weighted by Gasteiger charge is -2.10. The van der Waals surface area contributed by atoms with Crippen molar-refractivity contribution in [2.75, 3.05) is 11.9 Å². The van der Waals surface area contributed by atoms with Gasteiger partial charge < -0.3 is 10.6 Å². The Morgan fingerprint density at radius 2 is 1.67 bits per heavy atom. The van der Waals surface area contributed by atoms with Crippen LogP contribution in [0.25, 0.3) is 11.1 Å². The summed E-state index contributed by atoms with van der Waals surface area (Å²) >= 11 is 0. The summed E-state index contributed by atoms with van der Waals surface area (Å²) in [6, 6.07) is 18.5. The van der Waals surface area contributed by atoms with Crippen molar-refractivity contribution in [2.24, 2.45) is 5.92 Å². The van der Waals surface area contributed by atoms with E-state index in [1.807, 2.05) is 6.07 Å². The summed E-state index contributed by atoms with van der Waals surface area (Å²) in [7, 11) is 0. The Morgan fingerprint density at radius 1 is 0.933 bits per heavy atom. The number of nitrogens with one attached hydrogen (secondary N) is 2. The Hall–Kier alpha value is -3.54. The number of carbonyl (C=O) groups is 2. The predicted octanol–water partition coefficient (Wildman–Crippen LogP) is 4.92. The third-order valence-electron chi connectivity index (χ3n) is 4.57. The zero-order valence-electron chi connectivity index (χ0n) is 17.0. The van der Waals surface area contributed by atoms with Crippen LogP contribution >= 0.6 is 0 Å². The second-order valence-electron chi connectivity index (χ2n) is 7.37. The molecule has 0 fully saturated rings. The van der Waals surface area contributed by atoms with Crippen molar-refractivity contribution >= 4 is 17.6 Å². The predicted molar refractivity (Wildman–Crippen MR) is 116 cm³/mol. The zero-order valence-corrected chi connectivity index (χ0v) is 17.0. The van der Waals surface area contributed by atoms with E-state index in [0.717, 1.165) is 6.42 Å². The molecule has 0 aliphatic heterocycles. The van der Waals surface area contributed by atoms with Gasteiger partial charge in [-0.25, -0.2) is 4.98 Å². The second-order valence-corrected chi connectivity index (χ2v) is 7.37. The minimum absolute atomic E-state index is 0.118. The van der Waals surface area contributed by atoms with Crippen molar-refractivity contribution in [3.05, 3.63) is 83.8 Å². The average Bonchev–Trinajstić information content (AvgIpc) is 2.74. The van der Waals surface area contributed by atoms with Gasteiger partial charge in [-0.1, -0.05) is 44.2 Å². The van der Waals surface area contributed by atoms with E-state index in [1.54, 1.807) is 54.6 Å². The quantitative estimate of drug-likeness (QED) is 0.548. The summed E-state index contributed by atoms with van der Waals surface area (Å²) in [4.78, 5) is 28.4. The molecule has 2 aromatic carbocycles. The molecule has 30 heavy (non-hydrogen) atoms. The van der Waals surface area contributed by atoms with Gasteiger partial charge in [-0.2, -0.15) is 4.39 Å². The molecule has 3 rings (SSSR count). The van der Waals surface area contributed by atoms with Gasteiger partial charge in [0.15, 0.2) is 0 Å². The molecule has 6 heteroatoms. The number of nitrogens with zero attached hydrogens (tertiary/aromatic N) is 1. The molecular formula is C24H24FN3O2. The smallest absolute Gasteiger partial charge is 0.256 e. The Bertz CT molecular complexity index is 1040. The van der Waals surface area contributed by atoms with Gasteiger partial charge >= 0.3 is 0 Å². The monoisotopic (exact) mass is 405 g/mol. The first-order valence-electron chi connectivity index (χ1n) is 9.85. The van der Waals surface area contributed by atoms with Crippen molar-refractivity contribution in [2.45, 2.75) is 20.3 Å². The molecule has 1 aromatic heterocycles. The highest BCUT2D eigenvalue weighted by Crippen LogP contribution is 2.24. The lowest BCUT2D eigenvalue weighted by molar-refractivity contribution is 0.0951. The SMILES string of the molecule is CC(C)CCNC(=O)c1cccc(-c2ccc(NC(=O)c3ccccc3)nc2F)c1. The molecule has 0 radical (unpaired) electrons. The van der Waals surface area contributed by atoms with E-state index in [9.17, 15) is 14.0 Å². The van der Waals surface area contributed by atoms with Crippen LogP contribution in [0.15, 0.2) is 66.7 Å². The summed E-state index contributed by atoms with van der Waals surface area (Å²) in [5.74, 6) is -0.670. The number of hydrogen-bond acceptors (Lipinski definition) is 3. The van der Waals surface area contributed by atoms with Crippen molar-refractivity contribution in [1.82, 2.24) is 10.3 Å². The van der Waals surface area contributed by atoms with Crippen LogP contribution in [-0.2, 0) is 0 Å². The summed E-state index contributed by atoms with van der Waals surface area (Å²) in [6.45, 7) is 4.77. The third-order valence-corrected chi connectivity index (χ3v) is 4.57. The van der Waals surface area contributed by atoms with Gasteiger partial charge in [-0.15, -0.1) is 0 Å². The molecular weight excluding hydrogens is 381 g/mol. The molecule has 0 saturated heterocycles. The number of hydrogen-bond donors (Lipinski definition) is 2. The first-order valence-corrected chi connectivity index (χ1v) is 9.85. The number of amides is 2. The van der Waals surface area contributed by atoms with Crippen LogP contribution in [0.3, 0.4) is 0 Å². The fourth-order valence-corrected chi connectivity index (χ4v) is 2.90. The van der Waals surface area contributed by atoms with Crippen LogP contribution in [0.4, 0.5) is 10.2 Å². The minimum Gasteiger partial charge on any atom is -0.352 e. The fraction of sp³-hybridized carbons (Fsp3) is 0.208. The van der Waals surface area contributed by atoms with Crippen molar-refractivity contribution in [3.63, 3.8) is 0 Å². The molecule has 0 bridgehead atoms. The van der Waals surface area contributed by atoms with Crippen LogP contribution in [0, 0.1) is 11.9 Å². The van der Waals surface area contributed by atoms with Crippen LogP contribution in [-0.4, -0.2) is 23.3 Å². The maximum Gasteiger partial charge on any atom is 0.256 e. The lowest BCUT2D eigenvalue weighted by Crippen LogP contribution is -2.25. The minimum atomic E-state index is -0.724. The topological polar surface area (TPSA) is 71.1 Å². The summed E-state index contributed by atoms with van der Waals surface area (Å²) < 4.78 is 14.7. The van der Waals surface area contributed by atoms with Crippen LogP contribution in [0.1, 0.15) is 41.0 Å². The fourth-order valence-electron chi connectivity index (χ4n) is 2.90. The number of halogens is 1. The van der Waals surface area contributed by atoms with Crippen LogP contribution < -0.4 is 10.6 Å². The first kappa shape index (κ1) is 21.2. The molecule has 0 saturated carbocycles. The molecule has 3 aromatic rings. The van der Waals surface area contributed by atoms with Gasteiger partial charge in [0.2, 0.25) is 5.95 Å². The molecule has 0 aliphatic carbocycles. The zero-order chi connectivity index (χ0) is 21.5. The molecule has 5 nitrogen and oxygen atoms in total. The Labute approximate surface area is 175 Å². The van der Waals surface area contributed by atoms with Gasteiger partial charge in [0, 0.05) is 23.2 Å². The van der Waals surface area contributed by atoms with Gasteiger partial charge in [0.05, 0.1) is 0 Å². The normalized spacial score (nSPS) is 10.7. The van der Waals surface area contributed by atoms with Crippen LogP contribution in [0.2, 0.25) is 0 Å². The number of anilines is 1. The van der Waals surface area contributed by atoms with E-state index >= 15 is 0 Å². The lowest BCUT2D eigenvalue weighted by atomic mass is 10.0. The number of carbonyl (C=O) groups excluding carboxylic acids is 2. The maximum atomic E-state index is 14.7. The van der Waals surface area contributed by atoms with Gasteiger partial charge in [-0.3, -0.25) is 9.59 Å². The highest BCUT2D eigenvalue weighted by atomic mass is 19.1. The Balaban J connectivity index is 1.73. The number of aromatic nitrogens is 1. The molecule has 0 spiro atoms. The molecule has 154 valence electrons.